The van der Waals surface area contributed by atoms with E-state index in [0.717, 1.165) is 33.1 Å². The van der Waals surface area contributed by atoms with Crippen molar-refractivity contribution in [2.45, 2.75) is 0 Å². The largest absolute Gasteiger partial charge is 0.454 e. The maximum absolute atomic E-state index is 6.64. The third kappa shape index (κ3) is 3.05. The summed E-state index contributed by atoms with van der Waals surface area (Å²) in [6.45, 7) is 0. The number of furan rings is 1. The van der Waals surface area contributed by atoms with Gasteiger partial charge in [0.25, 0.3) is 0 Å². The van der Waals surface area contributed by atoms with Crippen molar-refractivity contribution in [2.24, 2.45) is 0 Å². The predicted molar refractivity (Wildman–Crippen MR) is 193 cm³/mol. The van der Waals surface area contributed by atoms with Crippen LogP contribution < -0.4 is 0 Å². The summed E-state index contributed by atoms with van der Waals surface area (Å²) < 4.78 is 9.04. The average molecular weight is 584 g/mol. The molecule has 2 heteroatoms. The molecule has 212 valence electrons. The Kier molecular flexibility index (Phi) is 4.61. The van der Waals surface area contributed by atoms with Crippen molar-refractivity contribution in [3.63, 3.8) is 0 Å². The quantitative estimate of drug-likeness (QED) is 0.198. The van der Waals surface area contributed by atoms with Gasteiger partial charge in [-0.25, -0.2) is 0 Å². The van der Waals surface area contributed by atoms with Crippen LogP contribution >= 0.6 is 0 Å². The Bertz CT molecular complexity index is 2870. The Morgan fingerprint density at radius 1 is 0.391 bits per heavy atom. The SMILES string of the molecule is c1ccc2c(c1)-c1cccc3c(-c4ccc(-n5c6ccc7ccccc7c6c6ccc7c8ccccc8oc7c65)cc4)ccc-2c13. The van der Waals surface area contributed by atoms with Crippen molar-refractivity contribution < 1.29 is 4.42 Å². The average Bonchev–Trinajstić information content (AvgIpc) is 3.78. The molecule has 0 radical (unpaired) electrons. The summed E-state index contributed by atoms with van der Waals surface area (Å²) in [6.07, 6.45) is 0. The van der Waals surface area contributed by atoms with Gasteiger partial charge >= 0.3 is 0 Å². The van der Waals surface area contributed by atoms with E-state index in [-0.39, 0.29) is 0 Å². The van der Waals surface area contributed by atoms with E-state index in [1.807, 2.05) is 6.07 Å². The van der Waals surface area contributed by atoms with Gasteiger partial charge in [0.2, 0.25) is 0 Å². The summed E-state index contributed by atoms with van der Waals surface area (Å²) in [5.74, 6) is 0. The molecule has 0 atom stereocenters. The summed E-state index contributed by atoms with van der Waals surface area (Å²) >= 11 is 0. The second kappa shape index (κ2) is 8.74. The number of rotatable bonds is 2. The summed E-state index contributed by atoms with van der Waals surface area (Å²) in [5, 5.41) is 9.89. The van der Waals surface area contributed by atoms with Crippen LogP contribution in [0.25, 0.3) is 104 Å². The Morgan fingerprint density at radius 2 is 1.07 bits per heavy atom. The van der Waals surface area contributed by atoms with Crippen LogP contribution in [0, 0.1) is 0 Å². The minimum atomic E-state index is 0.913. The Hall–Kier alpha value is -6.12. The molecule has 10 aromatic rings. The van der Waals surface area contributed by atoms with E-state index < -0.39 is 0 Å². The molecule has 0 saturated heterocycles. The standard InChI is InChI=1S/C44H25NO/c1-2-9-30-26(8-1)18-25-39-42(30)38-24-23-37-33-12-5-6-15-40(33)46-44(37)43(38)45(39)28-19-16-27(17-20-28)29-21-22-36-32-11-4-3-10-31(32)35-14-7-13-34(29)41(35)36/h1-25H. The smallest absolute Gasteiger partial charge is 0.160 e. The van der Waals surface area contributed by atoms with E-state index in [2.05, 4.69) is 150 Å². The zero-order valence-electron chi connectivity index (χ0n) is 24.8. The number of fused-ring (bicyclic) bond motifs is 12. The van der Waals surface area contributed by atoms with Gasteiger partial charge in [-0.3, -0.25) is 0 Å². The van der Waals surface area contributed by atoms with Gasteiger partial charge in [-0.2, -0.15) is 0 Å². The molecule has 0 saturated carbocycles. The van der Waals surface area contributed by atoms with Crippen molar-refractivity contribution in [1.29, 1.82) is 0 Å². The lowest BCUT2D eigenvalue weighted by molar-refractivity contribution is 0.671. The molecule has 0 aliphatic heterocycles. The van der Waals surface area contributed by atoms with Crippen LogP contribution in [0.2, 0.25) is 0 Å². The highest BCUT2D eigenvalue weighted by Gasteiger charge is 2.23. The molecule has 1 aliphatic carbocycles. The highest BCUT2D eigenvalue weighted by molar-refractivity contribution is 6.27. The summed E-state index contributed by atoms with van der Waals surface area (Å²) in [6, 6.07) is 55.2. The van der Waals surface area contributed by atoms with Gasteiger partial charge in [0, 0.05) is 27.2 Å². The van der Waals surface area contributed by atoms with Crippen LogP contribution in [0.5, 0.6) is 0 Å². The van der Waals surface area contributed by atoms with E-state index in [9.17, 15) is 0 Å². The highest BCUT2D eigenvalue weighted by atomic mass is 16.3. The fourth-order valence-corrected chi connectivity index (χ4v) is 8.17. The Morgan fingerprint density at radius 3 is 1.93 bits per heavy atom. The maximum Gasteiger partial charge on any atom is 0.160 e. The number of aromatic nitrogens is 1. The second-order valence-electron chi connectivity index (χ2n) is 12.4. The number of hydrogen-bond acceptors (Lipinski definition) is 1. The molecule has 2 nitrogen and oxygen atoms in total. The molecule has 0 N–H and O–H groups in total. The van der Waals surface area contributed by atoms with Gasteiger partial charge < -0.3 is 8.98 Å². The minimum absolute atomic E-state index is 0.913. The van der Waals surface area contributed by atoms with E-state index in [1.54, 1.807) is 0 Å². The second-order valence-corrected chi connectivity index (χ2v) is 12.4. The van der Waals surface area contributed by atoms with Crippen molar-refractivity contribution in [1.82, 2.24) is 4.57 Å². The van der Waals surface area contributed by atoms with E-state index in [4.69, 9.17) is 4.42 Å². The third-order valence-corrected chi connectivity index (χ3v) is 10.1. The first-order chi connectivity index (χ1) is 22.8. The summed E-state index contributed by atoms with van der Waals surface area (Å²) in [7, 11) is 0. The first-order valence-corrected chi connectivity index (χ1v) is 15.9. The Balaban J connectivity index is 1.17. The van der Waals surface area contributed by atoms with Crippen LogP contribution in [-0.4, -0.2) is 4.57 Å². The molecular formula is C44H25NO. The van der Waals surface area contributed by atoms with Crippen LogP contribution in [0.1, 0.15) is 0 Å². The predicted octanol–water partition coefficient (Wildman–Crippen LogP) is 12.3. The van der Waals surface area contributed by atoms with E-state index >= 15 is 0 Å². The summed E-state index contributed by atoms with van der Waals surface area (Å²) in [5.41, 5.74) is 13.0. The van der Waals surface area contributed by atoms with Crippen molar-refractivity contribution in [3.8, 4) is 39.1 Å². The number of nitrogens with zero attached hydrogens (tertiary/aromatic N) is 1. The molecule has 0 fully saturated rings. The lowest BCUT2D eigenvalue weighted by atomic mass is 9.94. The maximum atomic E-state index is 6.64. The van der Waals surface area contributed by atoms with E-state index in [1.165, 1.54) is 71.2 Å². The van der Waals surface area contributed by atoms with Gasteiger partial charge in [0.15, 0.2) is 5.58 Å². The monoisotopic (exact) mass is 583 g/mol. The van der Waals surface area contributed by atoms with Gasteiger partial charge in [0.1, 0.15) is 5.58 Å². The molecule has 2 heterocycles. The molecule has 0 amide bonds. The number of hydrogen-bond donors (Lipinski definition) is 0. The highest BCUT2D eigenvalue weighted by Crippen LogP contribution is 2.49. The minimum Gasteiger partial charge on any atom is -0.454 e. The lowest BCUT2D eigenvalue weighted by Crippen LogP contribution is -1.94. The normalized spacial score (nSPS) is 12.3. The number of benzene rings is 8. The first-order valence-electron chi connectivity index (χ1n) is 15.9. The van der Waals surface area contributed by atoms with Gasteiger partial charge in [-0.15, -0.1) is 0 Å². The lowest BCUT2D eigenvalue weighted by Gasteiger charge is -2.12. The molecule has 8 aromatic carbocycles. The van der Waals surface area contributed by atoms with Gasteiger partial charge in [-0.05, 0) is 85.3 Å². The molecule has 1 aliphatic rings. The zero-order valence-corrected chi connectivity index (χ0v) is 24.8. The third-order valence-electron chi connectivity index (χ3n) is 10.1. The van der Waals surface area contributed by atoms with Crippen LogP contribution in [0.15, 0.2) is 156 Å². The first kappa shape index (κ1) is 24.2. The van der Waals surface area contributed by atoms with Crippen LogP contribution in [0.3, 0.4) is 0 Å². The van der Waals surface area contributed by atoms with Crippen molar-refractivity contribution in [3.05, 3.63) is 152 Å². The van der Waals surface area contributed by atoms with Crippen LogP contribution in [0.4, 0.5) is 0 Å². The fraction of sp³-hybridized carbons (Fsp3) is 0. The fourth-order valence-electron chi connectivity index (χ4n) is 8.17. The molecule has 0 bridgehead atoms. The van der Waals surface area contributed by atoms with Crippen LogP contribution in [-0.2, 0) is 0 Å². The Labute approximate surface area is 264 Å². The molecule has 0 spiro atoms. The topological polar surface area (TPSA) is 18.1 Å². The zero-order chi connectivity index (χ0) is 29.9. The molecular weight excluding hydrogens is 558 g/mol. The number of para-hydroxylation sites is 1. The van der Waals surface area contributed by atoms with Gasteiger partial charge in [-0.1, -0.05) is 121 Å². The molecule has 2 aromatic heterocycles. The summed E-state index contributed by atoms with van der Waals surface area (Å²) in [4.78, 5) is 0. The van der Waals surface area contributed by atoms with Crippen molar-refractivity contribution in [2.75, 3.05) is 0 Å². The van der Waals surface area contributed by atoms with E-state index in [0.29, 0.717) is 0 Å². The van der Waals surface area contributed by atoms with Crippen molar-refractivity contribution >= 4 is 65.3 Å². The molecule has 0 unspecified atom stereocenters. The molecule has 11 rings (SSSR count). The van der Waals surface area contributed by atoms with Gasteiger partial charge in [0.05, 0.1) is 11.0 Å². The molecule has 46 heavy (non-hydrogen) atoms.